The highest BCUT2D eigenvalue weighted by Crippen LogP contribution is 2.28. The molecule has 0 fully saturated rings. The number of carbonyl (C=O) groups excluding carboxylic acids is 1. The zero-order valence-electron chi connectivity index (χ0n) is 12.5. The molecule has 0 bridgehead atoms. The summed E-state index contributed by atoms with van der Waals surface area (Å²) in [6, 6.07) is 9.65. The standard InChI is InChI=1S/C17H17N3O2/c1-13(21)22-8-7-20-6-2-3-16-10-14(4-5-17(16)20)9-15(11-18)12-19/h4-5,9-10H,2-3,6-8H2,1H3. The Kier molecular flexibility index (Phi) is 5.16. The molecule has 1 aromatic rings. The predicted molar refractivity (Wildman–Crippen MR) is 82.8 cm³/mol. The molecule has 1 aromatic carbocycles. The second-order valence-electron chi connectivity index (χ2n) is 5.10. The molecular formula is C17H17N3O2. The fourth-order valence-electron chi connectivity index (χ4n) is 2.57. The summed E-state index contributed by atoms with van der Waals surface area (Å²) in [4.78, 5) is 13.0. The molecule has 1 heterocycles. The minimum absolute atomic E-state index is 0.0995. The van der Waals surface area contributed by atoms with E-state index in [-0.39, 0.29) is 11.5 Å². The first-order chi connectivity index (χ1) is 10.6. The third-order valence-corrected chi connectivity index (χ3v) is 3.54. The Bertz CT molecular complexity index is 664. The molecule has 0 spiro atoms. The molecule has 0 saturated heterocycles. The number of carbonyl (C=O) groups is 1. The minimum atomic E-state index is -0.266. The number of anilines is 1. The van der Waals surface area contributed by atoms with Gasteiger partial charge < -0.3 is 9.64 Å². The van der Waals surface area contributed by atoms with Gasteiger partial charge in [-0.3, -0.25) is 4.79 Å². The van der Waals surface area contributed by atoms with Crippen LogP contribution in [0.5, 0.6) is 0 Å². The second kappa shape index (κ2) is 7.28. The zero-order valence-corrected chi connectivity index (χ0v) is 12.5. The number of allylic oxidation sites excluding steroid dienone is 1. The van der Waals surface area contributed by atoms with E-state index < -0.39 is 0 Å². The van der Waals surface area contributed by atoms with Gasteiger partial charge in [0.1, 0.15) is 24.3 Å². The zero-order chi connectivity index (χ0) is 15.9. The normalized spacial score (nSPS) is 12.6. The Labute approximate surface area is 130 Å². The van der Waals surface area contributed by atoms with E-state index in [1.165, 1.54) is 12.5 Å². The summed E-state index contributed by atoms with van der Waals surface area (Å²) in [5.41, 5.74) is 3.28. The number of esters is 1. The lowest BCUT2D eigenvalue weighted by atomic mass is 9.98. The predicted octanol–water partition coefficient (Wildman–Crippen LogP) is 2.43. The quantitative estimate of drug-likeness (QED) is 0.630. The van der Waals surface area contributed by atoms with E-state index in [0.717, 1.165) is 30.6 Å². The fourth-order valence-corrected chi connectivity index (χ4v) is 2.57. The van der Waals surface area contributed by atoms with Crippen LogP contribution >= 0.6 is 0 Å². The molecule has 5 nitrogen and oxygen atoms in total. The first kappa shape index (κ1) is 15.6. The summed E-state index contributed by atoms with van der Waals surface area (Å²) >= 11 is 0. The number of hydrogen-bond donors (Lipinski definition) is 0. The van der Waals surface area contributed by atoms with Crippen LogP contribution in [-0.4, -0.2) is 25.7 Å². The van der Waals surface area contributed by atoms with E-state index in [1.54, 1.807) is 6.08 Å². The number of hydrogen-bond acceptors (Lipinski definition) is 5. The summed E-state index contributed by atoms with van der Waals surface area (Å²) in [6.45, 7) is 3.39. The Morgan fingerprint density at radius 3 is 2.86 bits per heavy atom. The highest BCUT2D eigenvalue weighted by molar-refractivity contribution is 5.67. The number of ether oxygens (including phenoxy) is 1. The lowest BCUT2D eigenvalue weighted by Gasteiger charge is -2.31. The molecule has 112 valence electrons. The molecule has 0 aromatic heterocycles. The van der Waals surface area contributed by atoms with E-state index in [9.17, 15) is 4.79 Å². The molecule has 2 rings (SSSR count). The second-order valence-corrected chi connectivity index (χ2v) is 5.10. The largest absolute Gasteiger partial charge is 0.464 e. The van der Waals surface area contributed by atoms with Gasteiger partial charge in [0.25, 0.3) is 0 Å². The lowest BCUT2D eigenvalue weighted by molar-refractivity contribution is -0.140. The van der Waals surface area contributed by atoms with Crippen LogP contribution in [0.1, 0.15) is 24.5 Å². The maximum Gasteiger partial charge on any atom is 0.302 e. The maximum absolute atomic E-state index is 10.8. The Morgan fingerprint density at radius 1 is 1.41 bits per heavy atom. The van der Waals surface area contributed by atoms with Crippen LogP contribution in [-0.2, 0) is 16.0 Å². The molecule has 5 heteroatoms. The Morgan fingerprint density at radius 2 is 2.18 bits per heavy atom. The van der Waals surface area contributed by atoms with Crippen LogP contribution in [0.4, 0.5) is 5.69 Å². The number of aryl methyl sites for hydroxylation is 1. The van der Waals surface area contributed by atoms with Crippen molar-refractivity contribution < 1.29 is 9.53 Å². The van der Waals surface area contributed by atoms with Gasteiger partial charge in [-0.05, 0) is 42.2 Å². The summed E-state index contributed by atoms with van der Waals surface area (Å²) in [7, 11) is 0. The third kappa shape index (κ3) is 3.86. The van der Waals surface area contributed by atoms with Crippen molar-refractivity contribution in [2.75, 3.05) is 24.6 Å². The highest BCUT2D eigenvalue weighted by atomic mass is 16.5. The summed E-state index contributed by atoms with van der Waals surface area (Å²) in [5.74, 6) is -0.266. The molecule has 0 N–H and O–H groups in total. The van der Waals surface area contributed by atoms with E-state index >= 15 is 0 Å². The van der Waals surface area contributed by atoms with Crippen molar-refractivity contribution in [3.05, 3.63) is 34.9 Å². The van der Waals surface area contributed by atoms with Crippen molar-refractivity contribution in [3.63, 3.8) is 0 Å². The Hall–Kier alpha value is -2.79. The molecule has 0 unspecified atom stereocenters. The van der Waals surface area contributed by atoms with Gasteiger partial charge in [0, 0.05) is 19.2 Å². The van der Waals surface area contributed by atoms with Crippen LogP contribution < -0.4 is 4.90 Å². The van der Waals surface area contributed by atoms with Gasteiger partial charge in [0.15, 0.2) is 0 Å². The van der Waals surface area contributed by atoms with Gasteiger partial charge >= 0.3 is 5.97 Å². The van der Waals surface area contributed by atoms with Gasteiger partial charge in [0.05, 0.1) is 6.54 Å². The molecule has 0 atom stereocenters. The van der Waals surface area contributed by atoms with Gasteiger partial charge in [-0.1, -0.05) is 6.07 Å². The van der Waals surface area contributed by atoms with Gasteiger partial charge in [-0.2, -0.15) is 10.5 Å². The van der Waals surface area contributed by atoms with Crippen LogP contribution in [0, 0.1) is 22.7 Å². The number of nitrogens with zero attached hydrogens (tertiary/aromatic N) is 3. The van der Waals surface area contributed by atoms with Crippen molar-refractivity contribution in [2.45, 2.75) is 19.8 Å². The molecule has 0 amide bonds. The van der Waals surface area contributed by atoms with Crippen LogP contribution in [0.25, 0.3) is 6.08 Å². The SMILES string of the molecule is CC(=O)OCCN1CCCc2cc(C=C(C#N)C#N)ccc21. The fraction of sp³-hybridized carbons (Fsp3) is 0.353. The lowest BCUT2D eigenvalue weighted by Crippen LogP contribution is -2.32. The molecule has 0 saturated carbocycles. The first-order valence-corrected chi connectivity index (χ1v) is 7.17. The van der Waals surface area contributed by atoms with Crippen molar-refractivity contribution in [1.82, 2.24) is 0 Å². The van der Waals surface area contributed by atoms with Crippen molar-refractivity contribution >= 4 is 17.7 Å². The average molecular weight is 295 g/mol. The van der Waals surface area contributed by atoms with E-state index in [0.29, 0.717) is 13.2 Å². The van der Waals surface area contributed by atoms with Crippen molar-refractivity contribution in [2.24, 2.45) is 0 Å². The number of nitriles is 2. The van der Waals surface area contributed by atoms with Gasteiger partial charge in [-0.15, -0.1) is 0 Å². The van der Waals surface area contributed by atoms with E-state index in [4.69, 9.17) is 15.3 Å². The van der Waals surface area contributed by atoms with E-state index in [1.807, 2.05) is 30.3 Å². The monoisotopic (exact) mass is 295 g/mol. The summed E-state index contributed by atoms with van der Waals surface area (Å²) < 4.78 is 5.00. The highest BCUT2D eigenvalue weighted by Gasteiger charge is 2.17. The van der Waals surface area contributed by atoms with E-state index in [2.05, 4.69) is 4.90 Å². The Balaban J connectivity index is 2.16. The van der Waals surface area contributed by atoms with Gasteiger partial charge in [0.2, 0.25) is 0 Å². The van der Waals surface area contributed by atoms with Crippen LogP contribution in [0.2, 0.25) is 0 Å². The van der Waals surface area contributed by atoms with Gasteiger partial charge in [-0.25, -0.2) is 0 Å². The smallest absolute Gasteiger partial charge is 0.302 e. The molecule has 0 aliphatic carbocycles. The van der Waals surface area contributed by atoms with Crippen molar-refractivity contribution in [1.29, 1.82) is 10.5 Å². The summed E-state index contributed by atoms with van der Waals surface area (Å²) in [5, 5.41) is 17.6. The number of rotatable bonds is 4. The van der Waals surface area contributed by atoms with Crippen molar-refractivity contribution in [3.8, 4) is 12.1 Å². The molecule has 22 heavy (non-hydrogen) atoms. The van der Waals surface area contributed by atoms with Crippen LogP contribution in [0.3, 0.4) is 0 Å². The first-order valence-electron chi connectivity index (χ1n) is 7.17. The minimum Gasteiger partial charge on any atom is -0.464 e. The molecule has 0 radical (unpaired) electrons. The van der Waals surface area contributed by atoms with Crippen LogP contribution in [0.15, 0.2) is 23.8 Å². The number of fused-ring (bicyclic) bond motifs is 1. The third-order valence-electron chi connectivity index (χ3n) is 3.54. The molecule has 1 aliphatic heterocycles. The molecule has 1 aliphatic rings. The topological polar surface area (TPSA) is 77.1 Å². The average Bonchev–Trinajstić information content (AvgIpc) is 2.52. The molecular weight excluding hydrogens is 278 g/mol. The summed E-state index contributed by atoms with van der Waals surface area (Å²) in [6.07, 6.45) is 3.59. The maximum atomic E-state index is 10.8. The number of benzene rings is 1.